The maximum absolute atomic E-state index is 10.9. The van der Waals surface area contributed by atoms with Crippen LogP contribution >= 0.6 is 0 Å². The minimum atomic E-state index is 0.143. The van der Waals surface area contributed by atoms with Crippen LogP contribution in [-0.4, -0.2) is 11.8 Å². The lowest BCUT2D eigenvalue weighted by molar-refractivity contribution is -0.113. The number of carbonyl (C=O) groups excluding carboxylic acids is 1. The van der Waals surface area contributed by atoms with Crippen LogP contribution in [0.15, 0.2) is 23.9 Å². The summed E-state index contributed by atoms with van der Waals surface area (Å²) in [5.41, 5.74) is 0.850. The number of nitrogens with one attached hydrogen (secondary N) is 1. The van der Waals surface area contributed by atoms with Crippen LogP contribution in [0.5, 0.6) is 0 Å². The minimum Gasteiger partial charge on any atom is -0.384 e. The third-order valence-electron chi connectivity index (χ3n) is 1.59. The molecule has 1 aliphatic heterocycles. The van der Waals surface area contributed by atoms with E-state index in [2.05, 4.69) is 5.32 Å². The Labute approximate surface area is 60.6 Å². The van der Waals surface area contributed by atoms with Crippen LogP contribution < -0.4 is 5.32 Å². The number of hydrogen-bond acceptors (Lipinski definition) is 2. The van der Waals surface area contributed by atoms with Crippen molar-refractivity contribution >= 4 is 5.78 Å². The highest BCUT2D eigenvalue weighted by atomic mass is 16.1. The van der Waals surface area contributed by atoms with Crippen LogP contribution in [0.1, 0.15) is 13.8 Å². The summed E-state index contributed by atoms with van der Waals surface area (Å²) < 4.78 is 0. The van der Waals surface area contributed by atoms with Gasteiger partial charge in [-0.2, -0.15) is 0 Å². The molecule has 1 atom stereocenters. The normalized spacial score (nSPS) is 23.4. The zero-order valence-electron chi connectivity index (χ0n) is 6.22. The number of rotatable bonds is 1. The van der Waals surface area contributed by atoms with E-state index in [0.29, 0.717) is 0 Å². The van der Waals surface area contributed by atoms with E-state index in [1.165, 1.54) is 0 Å². The smallest absolute Gasteiger partial charge is 0.157 e. The van der Waals surface area contributed by atoms with Crippen molar-refractivity contribution < 1.29 is 4.79 Å². The van der Waals surface area contributed by atoms with Crippen LogP contribution in [0.4, 0.5) is 0 Å². The molecule has 0 fully saturated rings. The molecule has 1 rings (SSSR count). The van der Waals surface area contributed by atoms with Crippen molar-refractivity contribution in [2.45, 2.75) is 19.9 Å². The zero-order valence-corrected chi connectivity index (χ0v) is 6.22. The Morgan fingerprint density at radius 2 is 2.40 bits per heavy atom. The Morgan fingerprint density at radius 1 is 1.70 bits per heavy atom. The number of Topliss-reactive ketones (excluding diaryl/α,β-unsaturated/α-hetero) is 1. The fraction of sp³-hybridized carbons (Fsp3) is 0.375. The zero-order chi connectivity index (χ0) is 7.56. The largest absolute Gasteiger partial charge is 0.384 e. The molecular weight excluding hydrogens is 126 g/mol. The van der Waals surface area contributed by atoms with Gasteiger partial charge in [0.25, 0.3) is 0 Å². The van der Waals surface area contributed by atoms with Crippen LogP contribution in [0.25, 0.3) is 0 Å². The van der Waals surface area contributed by atoms with Crippen molar-refractivity contribution in [3.8, 4) is 0 Å². The van der Waals surface area contributed by atoms with Gasteiger partial charge >= 0.3 is 0 Å². The van der Waals surface area contributed by atoms with E-state index in [0.717, 1.165) is 5.57 Å². The lowest BCUT2D eigenvalue weighted by Crippen LogP contribution is -2.28. The van der Waals surface area contributed by atoms with Crippen molar-refractivity contribution in [2.75, 3.05) is 0 Å². The predicted octanol–water partition coefficient (Wildman–Crippen LogP) is 1.01. The summed E-state index contributed by atoms with van der Waals surface area (Å²) in [7, 11) is 0. The molecule has 54 valence electrons. The Hall–Kier alpha value is -1.05. The van der Waals surface area contributed by atoms with E-state index >= 15 is 0 Å². The molecular formula is C8H11NO. The van der Waals surface area contributed by atoms with Crippen molar-refractivity contribution in [1.29, 1.82) is 0 Å². The Morgan fingerprint density at radius 3 is 2.80 bits per heavy atom. The molecule has 2 nitrogen and oxygen atoms in total. The van der Waals surface area contributed by atoms with Gasteiger partial charge in [-0.3, -0.25) is 4.79 Å². The molecule has 0 aromatic heterocycles. The molecule has 1 heterocycles. The molecule has 1 unspecified atom stereocenters. The van der Waals surface area contributed by atoms with Gasteiger partial charge in [0.1, 0.15) is 0 Å². The fourth-order valence-corrected chi connectivity index (χ4v) is 1.01. The molecule has 0 radical (unpaired) electrons. The second-order valence-electron chi connectivity index (χ2n) is 2.43. The number of ketones is 1. The van der Waals surface area contributed by atoms with E-state index < -0.39 is 0 Å². The first kappa shape index (κ1) is 7.06. The first-order valence-electron chi connectivity index (χ1n) is 3.35. The van der Waals surface area contributed by atoms with Crippen molar-refractivity contribution in [2.24, 2.45) is 0 Å². The first-order valence-corrected chi connectivity index (χ1v) is 3.35. The van der Waals surface area contributed by atoms with Crippen molar-refractivity contribution in [3.05, 3.63) is 23.9 Å². The van der Waals surface area contributed by atoms with Gasteiger partial charge in [-0.1, -0.05) is 6.08 Å². The minimum absolute atomic E-state index is 0.143. The van der Waals surface area contributed by atoms with E-state index in [4.69, 9.17) is 0 Å². The third-order valence-corrected chi connectivity index (χ3v) is 1.59. The average molecular weight is 137 g/mol. The van der Waals surface area contributed by atoms with Gasteiger partial charge in [0.2, 0.25) is 0 Å². The average Bonchev–Trinajstić information content (AvgIpc) is 1.88. The number of carbonyl (C=O) groups is 1. The monoisotopic (exact) mass is 137 g/mol. The molecule has 0 aromatic carbocycles. The molecule has 10 heavy (non-hydrogen) atoms. The van der Waals surface area contributed by atoms with E-state index in [9.17, 15) is 4.79 Å². The van der Waals surface area contributed by atoms with Crippen LogP contribution in [-0.2, 0) is 4.79 Å². The van der Waals surface area contributed by atoms with Crippen LogP contribution in [0, 0.1) is 0 Å². The third kappa shape index (κ3) is 1.26. The molecule has 0 aliphatic carbocycles. The number of allylic oxidation sites excluding steroid dienone is 2. The molecule has 0 spiro atoms. The molecule has 0 bridgehead atoms. The van der Waals surface area contributed by atoms with Gasteiger partial charge in [-0.25, -0.2) is 0 Å². The summed E-state index contributed by atoms with van der Waals surface area (Å²) in [6.45, 7) is 3.56. The second kappa shape index (κ2) is 2.69. The summed E-state index contributed by atoms with van der Waals surface area (Å²) in [6.07, 6.45) is 5.54. The Bertz CT molecular complexity index is 203. The first-order chi connectivity index (χ1) is 4.72. The maximum atomic E-state index is 10.9. The summed E-state index contributed by atoms with van der Waals surface area (Å²) in [4.78, 5) is 10.9. The van der Waals surface area contributed by atoms with Gasteiger partial charge in [-0.15, -0.1) is 0 Å². The topological polar surface area (TPSA) is 29.1 Å². The number of dihydropyridines is 1. The second-order valence-corrected chi connectivity index (χ2v) is 2.43. The van der Waals surface area contributed by atoms with E-state index in [1.807, 2.05) is 25.3 Å². The molecule has 1 aliphatic rings. The fourth-order valence-electron chi connectivity index (χ4n) is 1.01. The highest BCUT2D eigenvalue weighted by Gasteiger charge is 2.12. The summed E-state index contributed by atoms with van der Waals surface area (Å²) in [6, 6.07) is 0.169. The van der Waals surface area contributed by atoms with Gasteiger partial charge in [0, 0.05) is 5.57 Å². The van der Waals surface area contributed by atoms with Crippen molar-refractivity contribution in [3.63, 3.8) is 0 Å². The molecule has 0 amide bonds. The Kier molecular flexibility index (Phi) is 1.90. The van der Waals surface area contributed by atoms with Crippen LogP contribution in [0.2, 0.25) is 0 Å². The van der Waals surface area contributed by atoms with Crippen LogP contribution in [0.3, 0.4) is 0 Å². The lowest BCUT2D eigenvalue weighted by Gasteiger charge is -2.16. The summed E-state index contributed by atoms with van der Waals surface area (Å²) in [5.74, 6) is 0.143. The highest BCUT2D eigenvalue weighted by Crippen LogP contribution is 2.06. The van der Waals surface area contributed by atoms with Crippen molar-refractivity contribution in [1.82, 2.24) is 5.32 Å². The van der Waals surface area contributed by atoms with Gasteiger partial charge in [-0.05, 0) is 26.1 Å². The van der Waals surface area contributed by atoms with Gasteiger partial charge in [0.05, 0.1) is 6.04 Å². The van der Waals surface area contributed by atoms with Gasteiger partial charge in [0.15, 0.2) is 5.78 Å². The quantitative estimate of drug-likeness (QED) is 0.584. The highest BCUT2D eigenvalue weighted by molar-refractivity contribution is 5.94. The standard InChI is InChI=1S/C8H11NO/c1-6-8(7(2)10)4-3-5-9-6/h3-6,9H,1-2H3. The molecule has 1 N–H and O–H groups in total. The Balaban J connectivity index is 2.80. The number of hydrogen-bond donors (Lipinski definition) is 1. The molecule has 0 saturated carbocycles. The van der Waals surface area contributed by atoms with E-state index in [-0.39, 0.29) is 11.8 Å². The molecule has 2 heteroatoms. The molecule has 0 aromatic rings. The summed E-state index contributed by atoms with van der Waals surface area (Å²) >= 11 is 0. The SMILES string of the molecule is CC(=O)C1=CC=CNC1C. The molecule has 0 saturated heterocycles. The predicted molar refractivity (Wildman–Crippen MR) is 40.5 cm³/mol. The van der Waals surface area contributed by atoms with E-state index in [1.54, 1.807) is 6.92 Å². The summed E-state index contributed by atoms with van der Waals surface area (Å²) in [5, 5.41) is 3.04. The van der Waals surface area contributed by atoms with Gasteiger partial charge < -0.3 is 5.32 Å². The lowest BCUT2D eigenvalue weighted by atomic mass is 10.0. The maximum Gasteiger partial charge on any atom is 0.157 e.